The van der Waals surface area contributed by atoms with E-state index in [-0.39, 0.29) is 5.75 Å². The smallest absolute Gasteiger partial charge is 0.134 e. The first kappa shape index (κ1) is 15.1. The summed E-state index contributed by atoms with van der Waals surface area (Å²) in [5.41, 5.74) is 1.27. The van der Waals surface area contributed by atoms with E-state index in [0.29, 0.717) is 11.1 Å². The fourth-order valence-corrected chi connectivity index (χ4v) is 4.09. The third-order valence-electron chi connectivity index (χ3n) is 4.95. The van der Waals surface area contributed by atoms with Crippen LogP contribution in [0.2, 0.25) is 5.02 Å². The monoisotopic (exact) mass is 308 g/mol. The van der Waals surface area contributed by atoms with Crippen LogP contribution >= 0.6 is 11.6 Å². The average molecular weight is 309 g/mol. The summed E-state index contributed by atoms with van der Waals surface area (Å²) in [5, 5.41) is 13.6. The molecule has 0 aromatic heterocycles. The molecule has 116 valence electrons. The number of hydrogen-bond donors (Lipinski definition) is 2. The Bertz CT molecular complexity index is 450. The molecule has 2 N–H and O–H groups in total. The molecule has 0 unspecified atom stereocenters. The molecule has 3 rings (SSSR count). The number of piperazine rings is 1. The van der Waals surface area contributed by atoms with Crippen molar-refractivity contribution in [2.75, 3.05) is 26.2 Å². The summed E-state index contributed by atoms with van der Waals surface area (Å²) in [6.07, 6.45) is 6.69. The van der Waals surface area contributed by atoms with Crippen LogP contribution in [0.5, 0.6) is 5.75 Å². The number of benzene rings is 1. The molecule has 1 heterocycles. The van der Waals surface area contributed by atoms with Crippen LogP contribution in [0.1, 0.15) is 43.7 Å². The quantitative estimate of drug-likeness (QED) is 0.896. The van der Waals surface area contributed by atoms with Crippen molar-refractivity contribution in [1.29, 1.82) is 0 Å². The maximum atomic E-state index is 9.69. The topological polar surface area (TPSA) is 35.5 Å². The van der Waals surface area contributed by atoms with Gasteiger partial charge in [-0.25, -0.2) is 0 Å². The maximum absolute atomic E-state index is 9.69. The van der Waals surface area contributed by atoms with E-state index >= 15 is 0 Å². The lowest BCUT2D eigenvalue weighted by atomic mass is 9.80. The van der Waals surface area contributed by atoms with Crippen LogP contribution in [-0.4, -0.2) is 36.2 Å². The van der Waals surface area contributed by atoms with Gasteiger partial charge in [0, 0.05) is 32.2 Å². The van der Waals surface area contributed by atoms with Gasteiger partial charge in [0.15, 0.2) is 0 Å². The molecule has 0 bridgehead atoms. The van der Waals surface area contributed by atoms with Crippen molar-refractivity contribution in [2.45, 2.75) is 38.1 Å². The summed E-state index contributed by atoms with van der Waals surface area (Å²) < 4.78 is 0. The van der Waals surface area contributed by atoms with Crippen molar-refractivity contribution in [3.63, 3.8) is 0 Å². The van der Waals surface area contributed by atoms with Crippen molar-refractivity contribution in [1.82, 2.24) is 10.2 Å². The number of hydrogen-bond acceptors (Lipinski definition) is 3. The number of aromatic hydroxyl groups is 1. The van der Waals surface area contributed by atoms with Crippen LogP contribution in [0.25, 0.3) is 0 Å². The van der Waals surface area contributed by atoms with Gasteiger partial charge in [-0.2, -0.15) is 0 Å². The third-order valence-corrected chi connectivity index (χ3v) is 5.26. The van der Waals surface area contributed by atoms with E-state index in [1.54, 1.807) is 6.07 Å². The van der Waals surface area contributed by atoms with E-state index in [2.05, 4.69) is 16.3 Å². The highest BCUT2D eigenvalue weighted by atomic mass is 35.5. The summed E-state index contributed by atoms with van der Waals surface area (Å²) in [6.45, 7) is 4.32. The molecule has 1 aromatic rings. The zero-order chi connectivity index (χ0) is 14.7. The molecular formula is C17H25ClN2O. The fraction of sp³-hybridized carbons (Fsp3) is 0.647. The normalized spacial score (nSPS) is 23.1. The Hall–Kier alpha value is -0.770. The molecule has 0 amide bonds. The van der Waals surface area contributed by atoms with Crippen LogP contribution in [0.4, 0.5) is 0 Å². The molecule has 2 fully saturated rings. The predicted molar refractivity (Wildman–Crippen MR) is 86.9 cm³/mol. The van der Waals surface area contributed by atoms with Gasteiger partial charge in [-0.15, -0.1) is 0 Å². The molecule has 1 aromatic carbocycles. The number of halogens is 1. The van der Waals surface area contributed by atoms with Gasteiger partial charge in [-0.3, -0.25) is 4.90 Å². The van der Waals surface area contributed by atoms with Crippen LogP contribution in [0.15, 0.2) is 18.2 Å². The lowest BCUT2D eigenvalue weighted by Gasteiger charge is -2.41. The Labute approximate surface area is 132 Å². The van der Waals surface area contributed by atoms with Gasteiger partial charge in [0.05, 0.1) is 5.02 Å². The summed E-state index contributed by atoms with van der Waals surface area (Å²) in [4.78, 5) is 2.61. The summed E-state index contributed by atoms with van der Waals surface area (Å²) in [6, 6.07) is 6.22. The second-order valence-electron chi connectivity index (χ2n) is 6.34. The molecule has 1 saturated heterocycles. The predicted octanol–water partition coefficient (Wildman–Crippen LogP) is 3.57. The number of rotatable bonds is 3. The van der Waals surface area contributed by atoms with Crippen molar-refractivity contribution in [3.05, 3.63) is 28.8 Å². The Kier molecular flexibility index (Phi) is 5.04. The first-order valence-electron chi connectivity index (χ1n) is 8.19. The highest BCUT2D eigenvalue weighted by Crippen LogP contribution is 2.40. The minimum Gasteiger partial charge on any atom is -0.506 e. The molecule has 0 spiro atoms. The Morgan fingerprint density at radius 2 is 1.86 bits per heavy atom. The van der Waals surface area contributed by atoms with Gasteiger partial charge >= 0.3 is 0 Å². The Balaban J connectivity index is 1.87. The Morgan fingerprint density at radius 3 is 2.52 bits per heavy atom. The highest BCUT2D eigenvalue weighted by Gasteiger charge is 2.31. The summed E-state index contributed by atoms with van der Waals surface area (Å²) >= 11 is 6.15. The van der Waals surface area contributed by atoms with E-state index in [4.69, 9.17) is 11.6 Å². The minimum atomic E-state index is 0.183. The third kappa shape index (κ3) is 3.53. The molecule has 0 radical (unpaired) electrons. The number of phenols is 1. The van der Waals surface area contributed by atoms with Gasteiger partial charge in [0.25, 0.3) is 0 Å². The van der Waals surface area contributed by atoms with Crippen molar-refractivity contribution < 1.29 is 5.11 Å². The SMILES string of the molecule is Oc1ccc([C@@H](C2CCCCC2)N2CCNCC2)cc1Cl. The summed E-state index contributed by atoms with van der Waals surface area (Å²) in [7, 11) is 0. The largest absolute Gasteiger partial charge is 0.506 e. The molecule has 2 aliphatic rings. The summed E-state index contributed by atoms with van der Waals surface area (Å²) in [5.74, 6) is 0.903. The minimum absolute atomic E-state index is 0.183. The van der Waals surface area contributed by atoms with Gasteiger partial charge < -0.3 is 10.4 Å². The maximum Gasteiger partial charge on any atom is 0.134 e. The first-order valence-corrected chi connectivity index (χ1v) is 8.56. The number of phenolic OH excluding ortho intramolecular Hbond substituents is 1. The first-order chi connectivity index (χ1) is 10.3. The molecular weight excluding hydrogens is 284 g/mol. The van der Waals surface area contributed by atoms with Gasteiger partial charge in [-0.05, 0) is 36.5 Å². The van der Waals surface area contributed by atoms with E-state index < -0.39 is 0 Å². The lowest BCUT2D eigenvalue weighted by Crippen LogP contribution is -2.47. The van der Waals surface area contributed by atoms with Gasteiger partial charge in [-0.1, -0.05) is 36.9 Å². The van der Waals surface area contributed by atoms with Crippen LogP contribution in [0.3, 0.4) is 0 Å². The molecule has 21 heavy (non-hydrogen) atoms. The standard InChI is InChI=1S/C17H25ClN2O/c18-15-12-14(6-7-16(15)21)17(13-4-2-1-3-5-13)20-10-8-19-9-11-20/h6-7,12-13,17,19,21H,1-5,8-11H2/t17-/m1/s1. The zero-order valence-corrected chi connectivity index (χ0v) is 13.3. The molecule has 1 saturated carbocycles. The highest BCUT2D eigenvalue weighted by molar-refractivity contribution is 6.32. The number of nitrogens with one attached hydrogen (secondary N) is 1. The fourth-order valence-electron chi connectivity index (χ4n) is 3.90. The van der Waals surface area contributed by atoms with Gasteiger partial charge in [0.1, 0.15) is 5.75 Å². The Morgan fingerprint density at radius 1 is 1.14 bits per heavy atom. The second kappa shape index (κ2) is 6.99. The van der Waals surface area contributed by atoms with Crippen LogP contribution < -0.4 is 5.32 Å². The van der Waals surface area contributed by atoms with E-state index in [9.17, 15) is 5.11 Å². The number of nitrogens with zero attached hydrogens (tertiary/aromatic N) is 1. The second-order valence-corrected chi connectivity index (χ2v) is 6.75. The van der Waals surface area contributed by atoms with E-state index in [0.717, 1.165) is 32.1 Å². The van der Waals surface area contributed by atoms with Crippen LogP contribution in [-0.2, 0) is 0 Å². The lowest BCUT2D eigenvalue weighted by molar-refractivity contribution is 0.103. The van der Waals surface area contributed by atoms with Crippen molar-refractivity contribution >= 4 is 11.6 Å². The molecule has 1 aliphatic carbocycles. The van der Waals surface area contributed by atoms with Crippen molar-refractivity contribution in [3.8, 4) is 5.75 Å². The van der Waals surface area contributed by atoms with Crippen LogP contribution in [0, 0.1) is 5.92 Å². The molecule has 1 atom stereocenters. The average Bonchev–Trinajstić information content (AvgIpc) is 2.53. The van der Waals surface area contributed by atoms with E-state index in [1.165, 1.54) is 37.7 Å². The van der Waals surface area contributed by atoms with E-state index in [1.807, 2.05) is 6.07 Å². The van der Waals surface area contributed by atoms with Crippen molar-refractivity contribution in [2.24, 2.45) is 5.92 Å². The zero-order valence-electron chi connectivity index (χ0n) is 12.5. The molecule has 1 aliphatic heterocycles. The molecule has 4 heteroatoms. The molecule has 3 nitrogen and oxygen atoms in total. The van der Waals surface area contributed by atoms with Gasteiger partial charge in [0.2, 0.25) is 0 Å².